The number of aromatic amines is 1. The SMILES string of the molecule is NS(=O)(=O)c1ccc(Nc2nc(-c3cc[nH+]cc3)cs2)cc1. The number of H-pyrrole nitrogens is 1. The summed E-state index contributed by atoms with van der Waals surface area (Å²) in [5.41, 5.74) is 2.64. The van der Waals surface area contributed by atoms with Gasteiger partial charge in [0.1, 0.15) is 0 Å². The summed E-state index contributed by atoms with van der Waals surface area (Å²) in [6, 6.07) is 10.1. The second-order valence-electron chi connectivity index (χ2n) is 4.52. The number of anilines is 2. The third-order valence-electron chi connectivity index (χ3n) is 2.95. The van der Waals surface area contributed by atoms with Gasteiger partial charge in [-0.15, -0.1) is 11.3 Å². The first kappa shape index (κ1) is 14.6. The van der Waals surface area contributed by atoms with Crippen molar-refractivity contribution < 1.29 is 13.4 Å². The third-order valence-corrected chi connectivity index (χ3v) is 4.64. The maximum absolute atomic E-state index is 11.2. The number of hydrogen-bond donors (Lipinski definition) is 2. The van der Waals surface area contributed by atoms with Crippen LogP contribution in [0.4, 0.5) is 10.8 Å². The van der Waals surface area contributed by atoms with Gasteiger partial charge in [0.15, 0.2) is 17.5 Å². The molecule has 0 saturated carbocycles. The van der Waals surface area contributed by atoms with Crippen molar-refractivity contribution in [3.8, 4) is 11.3 Å². The van der Waals surface area contributed by atoms with Crippen LogP contribution in [-0.4, -0.2) is 13.4 Å². The van der Waals surface area contributed by atoms with E-state index in [0.29, 0.717) is 0 Å². The van der Waals surface area contributed by atoms with Crippen molar-refractivity contribution in [2.24, 2.45) is 5.14 Å². The van der Waals surface area contributed by atoms with Gasteiger partial charge in [-0.05, 0) is 24.3 Å². The van der Waals surface area contributed by atoms with Crippen molar-refractivity contribution in [3.05, 3.63) is 54.2 Å². The van der Waals surface area contributed by atoms with Crippen molar-refractivity contribution in [1.29, 1.82) is 0 Å². The summed E-state index contributed by atoms with van der Waals surface area (Å²) in [5.74, 6) is 0. The molecule has 8 heteroatoms. The molecule has 0 spiro atoms. The number of primary sulfonamides is 1. The quantitative estimate of drug-likeness (QED) is 0.763. The molecule has 4 N–H and O–H groups in total. The zero-order chi connectivity index (χ0) is 15.6. The van der Waals surface area contributed by atoms with E-state index in [2.05, 4.69) is 15.3 Å². The van der Waals surface area contributed by atoms with E-state index < -0.39 is 10.0 Å². The van der Waals surface area contributed by atoms with Crippen molar-refractivity contribution in [3.63, 3.8) is 0 Å². The Bertz CT molecular complexity index is 875. The molecule has 0 fully saturated rings. The van der Waals surface area contributed by atoms with Crippen molar-refractivity contribution >= 4 is 32.2 Å². The highest BCUT2D eigenvalue weighted by Gasteiger charge is 2.08. The Morgan fingerprint density at radius 2 is 1.77 bits per heavy atom. The molecule has 2 heterocycles. The monoisotopic (exact) mass is 333 g/mol. The van der Waals surface area contributed by atoms with Crippen molar-refractivity contribution in [2.45, 2.75) is 4.90 Å². The van der Waals surface area contributed by atoms with E-state index in [0.717, 1.165) is 22.1 Å². The van der Waals surface area contributed by atoms with Gasteiger partial charge in [0.05, 0.1) is 10.6 Å². The van der Waals surface area contributed by atoms with Crippen LogP contribution in [0.1, 0.15) is 0 Å². The van der Waals surface area contributed by atoms with E-state index >= 15 is 0 Å². The number of rotatable bonds is 4. The van der Waals surface area contributed by atoms with Crippen LogP contribution in [0.5, 0.6) is 0 Å². The Hall–Kier alpha value is -2.29. The minimum Gasteiger partial charge on any atom is -0.332 e. The minimum absolute atomic E-state index is 0.0819. The smallest absolute Gasteiger partial charge is 0.238 e. The molecule has 6 nitrogen and oxygen atoms in total. The Morgan fingerprint density at radius 1 is 1.09 bits per heavy atom. The molecule has 3 aromatic rings. The predicted octanol–water partition coefficient (Wildman–Crippen LogP) is 2.02. The van der Waals surface area contributed by atoms with Crippen LogP contribution >= 0.6 is 11.3 Å². The highest BCUT2D eigenvalue weighted by Crippen LogP contribution is 2.26. The molecule has 0 amide bonds. The number of nitrogens with zero attached hydrogens (tertiary/aromatic N) is 1. The Morgan fingerprint density at radius 3 is 2.41 bits per heavy atom. The van der Waals surface area contributed by atoms with Gasteiger partial charge in [-0.1, -0.05) is 0 Å². The van der Waals surface area contributed by atoms with Gasteiger partial charge in [-0.2, -0.15) is 0 Å². The minimum atomic E-state index is -3.67. The van der Waals surface area contributed by atoms with Crippen LogP contribution in [0.15, 0.2) is 59.1 Å². The van der Waals surface area contributed by atoms with Crippen molar-refractivity contribution in [2.75, 3.05) is 5.32 Å². The van der Waals surface area contributed by atoms with Gasteiger partial charge in [0.25, 0.3) is 0 Å². The summed E-state index contributed by atoms with van der Waals surface area (Å²) >= 11 is 1.47. The fourth-order valence-electron chi connectivity index (χ4n) is 1.87. The van der Waals surface area contributed by atoms with E-state index in [1.165, 1.54) is 23.5 Å². The molecule has 0 radical (unpaired) electrons. The second-order valence-corrected chi connectivity index (χ2v) is 6.94. The zero-order valence-electron chi connectivity index (χ0n) is 11.4. The Balaban J connectivity index is 1.78. The van der Waals surface area contributed by atoms with Crippen LogP contribution in [0.25, 0.3) is 11.3 Å². The molecule has 0 aliphatic heterocycles. The van der Waals surface area contributed by atoms with Crippen LogP contribution in [0.2, 0.25) is 0 Å². The van der Waals surface area contributed by atoms with Crippen LogP contribution in [0.3, 0.4) is 0 Å². The van der Waals surface area contributed by atoms with E-state index in [-0.39, 0.29) is 4.90 Å². The lowest BCUT2D eigenvalue weighted by Gasteiger charge is -2.03. The summed E-state index contributed by atoms with van der Waals surface area (Å²) in [6.45, 7) is 0. The van der Waals surface area contributed by atoms with E-state index in [1.54, 1.807) is 12.1 Å². The highest BCUT2D eigenvalue weighted by molar-refractivity contribution is 7.89. The van der Waals surface area contributed by atoms with Gasteiger partial charge in [0, 0.05) is 28.8 Å². The fourth-order valence-corrected chi connectivity index (χ4v) is 3.13. The summed E-state index contributed by atoms with van der Waals surface area (Å²) < 4.78 is 22.4. The number of aromatic nitrogens is 2. The molecule has 112 valence electrons. The number of nitrogens with two attached hydrogens (primary N) is 1. The molecule has 0 aliphatic carbocycles. The molecule has 0 saturated heterocycles. The topological polar surface area (TPSA) is 99.2 Å². The first-order valence-corrected chi connectivity index (χ1v) is 8.77. The lowest BCUT2D eigenvalue weighted by molar-refractivity contribution is -0.377. The normalized spacial score (nSPS) is 11.3. The van der Waals surface area contributed by atoms with Crippen LogP contribution in [-0.2, 0) is 10.0 Å². The molecule has 1 aromatic carbocycles. The van der Waals surface area contributed by atoms with Gasteiger partial charge in [-0.25, -0.2) is 23.5 Å². The summed E-state index contributed by atoms with van der Waals surface area (Å²) in [5, 5.41) is 10.9. The van der Waals surface area contributed by atoms with Crippen molar-refractivity contribution in [1.82, 2.24) is 4.98 Å². The first-order valence-electron chi connectivity index (χ1n) is 6.34. The number of nitrogens with one attached hydrogen (secondary N) is 2. The lowest BCUT2D eigenvalue weighted by Crippen LogP contribution is -2.11. The maximum atomic E-state index is 11.2. The number of hydrogen-bond acceptors (Lipinski definition) is 5. The molecule has 2 aromatic heterocycles. The molecular weight excluding hydrogens is 320 g/mol. The number of thiazole rings is 1. The summed E-state index contributed by atoms with van der Waals surface area (Å²) in [4.78, 5) is 7.55. The molecular formula is C14H13N4O2S2+. The molecule has 0 unspecified atom stereocenters. The lowest BCUT2D eigenvalue weighted by atomic mass is 10.2. The Kier molecular flexibility index (Phi) is 3.88. The molecule has 0 bridgehead atoms. The van der Waals surface area contributed by atoms with E-state index in [9.17, 15) is 8.42 Å². The molecule has 22 heavy (non-hydrogen) atoms. The predicted molar refractivity (Wildman–Crippen MR) is 85.2 cm³/mol. The van der Waals surface area contributed by atoms with E-state index in [1.807, 2.05) is 29.9 Å². The molecule has 0 aliphatic rings. The fraction of sp³-hybridized carbons (Fsp3) is 0. The zero-order valence-corrected chi connectivity index (χ0v) is 13.0. The largest absolute Gasteiger partial charge is 0.332 e. The first-order chi connectivity index (χ1) is 10.5. The number of sulfonamides is 1. The summed E-state index contributed by atoms with van der Waals surface area (Å²) in [6.07, 6.45) is 3.68. The Labute approximate surface area is 131 Å². The third kappa shape index (κ3) is 3.30. The maximum Gasteiger partial charge on any atom is 0.238 e. The second kappa shape index (κ2) is 5.84. The van der Waals surface area contributed by atoms with E-state index in [4.69, 9.17) is 5.14 Å². The average molecular weight is 333 g/mol. The molecule has 0 atom stereocenters. The van der Waals surface area contributed by atoms with Gasteiger partial charge >= 0.3 is 0 Å². The van der Waals surface area contributed by atoms with Crippen LogP contribution in [0, 0.1) is 0 Å². The van der Waals surface area contributed by atoms with Gasteiger partial charge < -0.3 is 5.32 Å². The average Bonchev–Trinajstić information content (AvgIpc) is 2.96. The van der Waals surface area contributed by atoms with Gasteiger partial charge in [-0.3, -0.25) is 0 Å². The standard InChI is InChI=1S/C14H12N4O2S2/c15-22(19,20)12-3-1-11(2-4-12)17-14-18-13(9-21-14)10-5-7-16-8-6-10/h1-9H,(H,17,18)(H2,15,19,20)/p+1. The molecule has 3 rings (SSSR count). The van der Waals surface area contributed by atoms with Crippen LogP contribution < -0.4 is 15.4 Å². The number of pyridine rings is 1. The highest BCUT2D eigenvalue weighted by atomic mass is 32.2. The number of benzene rings is 1. The summed E-state index contributed by atoms with van der Waals surface area (Å²) in [7, 11) is -3.67. The van der Waals surface area contributed by atoms with Gasteiger partial charge in [0.2, 0.25) is 10.0 Å².